The van der Waals surface area contributed by atoms with Crippen LogP contribution in [0.15, 0.2) is 77.7 Å². The summed E-state index contributed by atoms with van der Waals surface area (Å²) in [6.07, 6.45) is -1.05. The van der Waals surface area contributed by atoms with Crippen LogP contribution in [0.5, 0.6) is 0 Å². The van der Waals surface area contributed by atoms with Crippen LogP contribution in [-0.2, 0) is 30.9 Å². The maximum atomic E-state index is 12.5. The number of ether oxygens (including phenoxy) is 1. The number of carbonyl (C=O) groups excluding carboxylic acids is 2. The Bertz CT molecular complexity index is 1150. The molecule has 0 saturated heterocycles. The van der Waals surface area contributed by atoms with Crippen LogP contribution in [0.4, 0.5) is 0 Å². The molecule has 0 aliphatic heterocycles. The number of fused-ring (bicyclic) bond motifs is 1. The van der Waals surface area contributed by atoms with Gasteiger partial charge in [-0.2, -0.15) is 4.72 Å². The van der Waals surface area contributed by atoms with Crippen LogP contribution in [0.1, 0.15) is 12.5 Å². The van der Waals surface area contributed by atoms with E-state index in [0.717, 1.165) is 16.3 Å². The standard InChI is InChI=1S/C22H22N2O5S/c1-16(22(26)23-14-17-7-3-2-4-8-17)29-21(25)15-24-30(27,28)20-12-11-18-9-5-6-10-19(18)13-20/h2-13,16,24H,14-15H2,1H3,(H,23,26)/t16-/m0/s1. The lowest BCUT2D eigenvalue weighted by atomic mass is 10.1. The van der Waals surface area contributed by atoms with E-state index < -0.39 is 34.5 Å². The summed E-state index contributed by atoms with van der Waals surface area (Å²) in [6.45, 7) is 1.15. The number of carbonyl (C=O) groups is 2. The van der Waals surface area contributed by atoms with Crippen molar-refractivity contribution in [2.75, 3.05) is 6.54 Å². The van der Waals surface area contributed by atoms with Gasteiger partial charge in [-0.3, -0.25) is 9.59 Å². The Balaban J connectivity index is 1.51. The minimum absolute atomic E-state index is 0.0441. The molecule has 1 atom stereocenters. The molecule has 1 amide bonds. The quantitative estimate of drug-likeness (QED) is 0.539. The number of hydrogen-bond donors (Lipinski definition) is 2. The molecule has 2 N–H and O–H groups in total. The van der Waals surface area contributed by atoms with E-state index in [-0.39, 0.29) is 4.90 Å². The van der Waals surface area contributed by atoms with Gasteiger partial charge in [0.15, 0.2) is 6.10 Å². The number of sulfonamides is 1. The molecular formula is C22H22N2O5S. The predicted octanol–water partition coefficient (Wildman–Crippen LogP) is 2.37. The van der Waals surface area contributed by atoms with Gasteiger partial charge in [-0.1, -0.05) is 60.7 Å². The molecule has 0 aliphatic rings. The minimum Gasteiger partial charge on any atom is -0.452 e. The summed E-state index contributed by atoms with van der Waals surface area (Å²) in [6, 6.07) is 21.3. The molecule has 8 heteroatoms. The molecule has 0 heterocycles. The summed E-state index contributed by atoms with van der Waals surface area (Å²) in [4.78, 5) is 24.1. The van der Waals surface area contributed by atoms with Gasteiger partial charge in [-0.25, -0.2) is 8.42 Å². The molecule has 156 valence electrons. The molecule has 0 radical (unpaired) electrons. The minimum atomic E-state index is -3.90. The van der Waals surface area contributed by atoms with Gasteiger partial charge in [-0.15, -0.1) is 0 Å². The smallest absolute Gasteiger partial charge is 0.321 e. The maximum absolute atomic E-state index is 12.5. The number of esters is 1. The lowest BCUT2D eigenvalue weighted by Crippen LogP contribution is -2.38. The summed E-state index contributed by atoms with van der Waals surface area (Å²) < 4.78 is 32.2. The number of hydrogen-bond acceptors (Lipinski definition) is 5. The molecule has 0 bridgehead atoms. The number of benzene rings is 3. The van der Waals surface area contributed by atoms with E-state index in [9.17, 15) is 18.0 Å². The summed E-state index contributed by atoms with van der Waals surface area (Å²) in [5, 5.41) is 4.34. The molecule has 0 unspecified atom stereocenters. The van der Waals surface area contributed by atoms with Crippen molar-refractivity contribution in [2.24, 2.45) is 0 Å². The average Bonchev–Trinajstić information content (AvgIpc) is 2.76. The number of nitrogens with one attached hydrogen (secondary N) is 2. The highest BCUT2D eigenvalue weighted by Gasteiger charge is 2.20. The van der Waals surface area contributed by atoms with Crippen LogP contribution >= 0.6 is 0 Å². The lowest BCUT2D eigenvalue weighted by Gasteiger charge is -2.14. The fraction of sp³-hybridized carbons (Fsp3) is 0.182. The molecular weight excluding hydrogens is 404 g/mol. The third-order valence-corrected chi connectivity index (χ3v) is 5.82. The lowest BCUT2D eigenvalue weighted by molar-refractivity contribution is -0.153. The van der Waals surface area contributed by atoms with Crippen molar-refractivity contribution in [3.05, 3.63) is 78.4 Å². The first-order valence-corrected chi connectivity index (χ1v) is 10.8. The summed E-state index contributed by atoms with van der Waals surface area (Å²) in [5.41, 5.74) is 0.910. The van der Waals surface area contributed by atoms with Gasteiger partial charge < -0.3 is 10.1 Å². The Morgan fingerprint density at radius 1 is 0.933 bits per heavy atom. The number of rotatable bonds is 8. The van der Waals surface area contributed by atoms with Crippen molar-refractivity contribution < 1.29 is 22.7 Å². The molecule has 0 aliphatic carbocycles. The first-order valence-electron chi connectivity index (χ1n) is 9.35. The van der Waals surface area contributed by atoms with Gasteiger partial charge in [0, 0.05) is 6.54 Å². The van der Waals surface area contributed by atoms with Crippen LogP contribution in [-0.4, -0.2) is 32.9 Å². The predicted molar refractivity (Wildman–Crippen MR) is 113 cm³/mol. The molecule has 3 aromatic carbocycles. The third-order valence-electron chi connectivity index (χ3n) is 4.42. The summed E-state index contributed by atoms with van der Waals surface area (Å²) >= 11 is 0. The average molecular weight is 426 g/mol. The molecule has 30 heavy (non-hydrogen) atoms. The van der Waals surface area contributed by atoms with Gasteiger partial charge >= 0.3 is 5.97 Å². The van der Waals surface area contributed by atoms with Crippen LogP contribution in [0.3, 0.4) is 0 Å². The van der Waals surface area contributed by atoms with Gasteiger partial charge in [0.2, 0.25) is 10.0 Å². The van der Waals surface area contributed by atoms with Crippen molar-refractivity contribution in [1.29, 1.82) is 0 Å². The second kappa shape index (κ2) is 9.51. The van der Waals surface area contributed by atoms with Gasteiger partial charge in [0.05, 0.1) is 4.90 Å². The van der Waals surface area contributed by atoms with Crippen molar-refractivity contribution in [1.82, 2.24) is 10.0 Å². The zero-order valence-electron chi connectivity index (χ0n) is 16.4. The molecule has 0 aromatic heterocycles. The van der Waals surface area contributed by atoms with E-state index >= 15 is 0 Å². The third kappa shape index (κ3) is 5.65. The highest BCUT2D eigenvalue weighted by molar-refractivity contribution is 7.89. The summed E-state index contributed by atoms with van der Waals surface area (Å²) in [5.74, 6) is -1.31. The number of amides is 1. The van der Waals surface area contributed by atoms with Gasteiger partial charge in [-0.05, 0) is 35.4 Å². The SMILES string of the molecule is C[C@H](OC(=O)CNS(=O)(=O)c1ccc2ccccc2c1)C(=O)NCc1ccccc1. The van der Waals surface area contributed by atoms with Gasteiger partial charge in [0.1, 0.15) is 6.54 Å². The van der Waals surface area contributed by atoms with Crippen LogP contribution < -0.4 is 10.0 Å². The van der Waals surface area contributed by atoms with Gasteiger partial charge in [0.25, 0.3) is 5.91 Å². The van der Waals surface area contributed by atoms with E-state index in [4.69, 9.17) is 4.74 Å². The van der Waals surface area contributed by atoms with E-state index in [2.05, 4.69) is 10.0 Å². The van der Waals surface area contributed by atoms with Crippen molar-refractivity contribution in [3.63, 3.8) is 0 Å². The maximum Gasteiger partial charge on any atom is 0.321 e. The molecule has 7 nitrogen and oxygen atoms in total. The van der Waals surface area contributed by atoms with E-state index in [0.29, 0.717) is 6.54 Å². The highest BCUT2D eigenvalue weighted by Crippen LogP contribution is 2.18. The van der Waals surface area contributed by atoms with Crippen molar-refractivity contribution >= 4 is 32.7 Å². The Morgan fingerprint density at radius 2 is 1.60 bits per heavy atom. The van der Waals surface area contributed by atoms with E-state index in [1.807, 2.05) is 48.5 Å². The zero-order valence-corrected chi connectivity index (χ0v) is 17.2. The normalized spacial score (nSPS) is 12.3. The first-order chi connectivity index (χ1) is 14.3. The van der Waals surface area contributed by atoms with Crippen LogP contribution in [0, 0.1) is 0 Å². The molecule has 3 aromatic rings. The molecule has 0 spiro atoms. The fourth-order valence-corrected chi connectivity index (χ4v) is 3.80. The Labute approximate surface area is 175 Å². The second-order valence-corrected chi connectivity index (χ2v) is 8.44. The van der Waals surface area contributed by atoms with Crippen molar-refractivity contribution in [2.45, 2.75) is 24.5 Å². The highest BCUT2D eigenvalue weighted by atomic mass is 32.2. The molecule has 3 rings (SSSR count). The summed E-state index contributed by atoms with van der Waals surface area (Å²) in [7, 11) is -3.90. The Hall–Kier alpha value is -3.23. The topological polar surface area (TPSA) is 102 Å². The fourth-order valence-electron chi connectivity index (χ4n) is 2.79. The first kappa shape index (κ1) is 21.5. The zero-order chi connectivity index (χ0) is 21.6. The second-order valence-electron chi connectivity index (χ2n) is 6.67. The Morgan fingerprint density at radius 3 is 2.33 bits per heavy atom. The molecule has 0 saturated carbocycles. The van der Waals surface area contributed by atoms with E-state index in [1.54, 1.807) is 12.1 Å². The largest absolute Gasteiger partial charge is 0.452 e. The van der Waals surface area contributed by atoms with Crippen LogP contribution in [0.2, 0.25) is 0 Å². The molecule has 0 fully saturated rings. The monoisotopic (exact) mass is 426 g/mol. The van der Waals surface area contributed by atoms with Crippen molar-refractivity contribution in [3.8, 4) is 0 Å². The van der Waals surface area contributed by atoms with E-state index in [1.165, 1.54) is 19.1 Å². The Kier molecular flexibility index (Phi) is 6.81. The van der Waals surface area contributed by atoms with Crippen LogP contribution in [0.25, 0.3) is 10.8 Å².